The molecule has 0 aromatic heterocycles. The molecule has 4 aliphatic carbocycles. The maximum atomic E-state index is 5.92. The normalized spacial score (nSPS) is 37.8. The van der Waals surface area contributed by atoms with Gasteiger partial charge in [-0.2, -0.15) is 0 Å². The van der Waals surface area contributed by atoms with Gasteiger partial charge in [-0.1, -0.05) is 57.8 Å². The van der Waals surface area contributed by atoms with Crippen molar-refractivity contribution in [2.24, 2.45) is 45.8 Å². The van der Waals surface area contributed by atoms with Crippen LogP contribution in [0.2, 0.25) is 10.0 Å². The Labute approximate surface area is 210 Å². The summed E-state index contributed by atoms with van der Waals surface area (Å²) >= 11 is 11.8. The number of halogens is 2. The molecule has 4 saturated carbocycles. The van der Waals surface area contributed by atoms with Gasteiger partial charge in [0.05, 0.1) is 11.4 Å². The summed E-state index contributed by atoms with van der Waals surface area (Å²) in [4.78, 5) is 11.3. The van der Waals surface area contributed by atoms with Gasteiger partial charge in [-0.05, 0) is 97.6 Å². The van der Waals surface area contributed by atoms with E-state index in [-0.39, 0.29) is 0 Å². The van der Waals surface area contributed by atoms with Crippen molar-refractivity contribution < 1.29 is 9.68 Å². The maximum Gasteiger partial charge on any atom is 0.139 e. The Morgan fingerprint density at radius 3 is 1.35 bits per heavy atom. The first-order chi connectivity index (χ1) is 16.7. The van der Waals surface area contributed by atoms with E-state index < -0.39 is 0 Å². The Morgan fingerprint density at radius 1 is 0.559 bits per heavy atom. The van der Waals surface area contributed by atoms with E-state index in [0.29, 0.717) is 24.0 Å². The van der Waals surface area contributed by atoms with Gasteiger partial charge in [0.15, 0.2) is 0 Å². The van der Waals surface area contributed by atoms with E-state index in [1.54, 1.807) is 0 Å². The lowest BCUT2D eigenvalue weighted by molar-refractivity contribution is 0.0275. The van der Waals surface area contributed by atoms with Crippen LogP contribution in [0.3, 0.4) is 0 Å². The first kappa shape index (κ1) is 21.3. The Bertz CT molecular complexity index is 1050. The topological polar surface area (TPSA) is 43.2 Å². The lowest BCUT2D eigenvalue weighted by Crippen LogP contribution is -2.29. The third-order valence-electron chi connectivity index (χ3n) is 9.14. The fourth-order valence-corrected chi connectivity index (χ4v) is 7.88. The lowest BCUT2D eigenvalue weighted by atomic mass is 9.81. The van der Waals surface area contributed by atoms with Crippen LogP contribution >= 0.6 is 23.2 Å². The van der Waals surface area contributed by atoms with Crippen LogP contribution in [0, 0.1) is 35.5 Å². The summed E-state index contributed by atoms with van der Waals surface area (Å²) < 4.78 is 0. The minimum atomic E-state index is 0.361. The number of hydrogen-bond donors (Lipinski definition) is 0. The molecule has 8 rings (SSSR count). The second-order valence-electron chi connectivity index (χ2n) is 10.8. The molecule has 4 nitrogen and oxygen atoms in total. The van der Waals surface area contributed by atoms with Crippen molar-refractivity contribution in [1.82, 2.24) is 0 Å². The Balaban J connectivity index is 0.000000118. The van der Waals surface area contributed by atoms with Crippen LogP contribution in [0.15, 0.2) is 58.8 Å². The van der Waals surface area contributed by atoms with Gasteiger partial charge in [-0.3, -0.25) is 0 Å². The predicted molar refractivity (Wildman–Crippen MR) is 134 cm³/mol. The molecule has 176 valence electrons. The molecule has 2 heterocycles. The van der Waals surface area contributed by atoms with Crippen LogP contribution in [0.5, 0.6) is 0 Å². The molecule has 4 fully saturated rings. The summed E-state index contributed by atoms with van der Waals surface area (Å²) in [5.41, 5.74) is 4.65. The van der Waals surface area contributed by atoms with Gasteiger partial charge in [0.25, 0.3) is 0 Å². The fraction of sp³-hybridized carbons (Fsp3) is 0.500. The zero-order valence-electron chi connectivity index (χ0n) is 18.9. The van der Waals surface area contributed by atoms with Crippen LogP contribution in [0.1, 0.15) is 49.7 Å². The number of oxime groups is 2. The summed E-state index contributed by atoms with van der Waals surface area (Å²) in [6.07, 6.45) is 8.75. The smallest absolute Gasteiger partial charge is 0.139 e. The minimum Gasteiger partial charge on any atom is -0.391 e. The van der Waals surface area contributed by atoms with Gasteiger partial charge in [-0.25, -0.2) is 0 Å². The summed E-state index contributed by atoms with van der Waals surface area (Å²) in [6, 6.07) is 15.9. The van der Waals surface area contributed by atoms with Gasteiger partial charge in [0.2, 0.25) is 0 Å². The molecule has 2 aliphatic heterocycles. The van der Waals surface area contributed by atoms with E-state index in [9.17, 15) is 0 Å². The zero-order chi connectivity index (χ0) is 22.8. The number of hydrogen-bond acceptors (Lipinski definition) is 4. The van der Waals surface area contributed by atoms with Crippen molar-refractivity contribution in [2.45, 2.75) is 50.7 Å². The molecule has 8 atom stereocenters. The highest BCUT2D eigenvalue weighted by Gasteiger charge is 2.55. The molecule has 2 aromatic rings. The third-order valence-corrected chi connectivity index (χ3v) is 9.64. The Morgan fingerprint density at radius 2 is 0.941 bits per heavy atom. The van der Waals surface area contributed by atoms with E-state index >= 15 is 0 Å². The minimum absolute atomic E-state index is 0.361. The molecule has 0 radical (unpaired) electrons. The molecule has 34 heavy (non-hydrogen) atoms. The van der Waals surface area contributed by atoms with Crippen molar-refractivity contribution in [3.8, 4) is 0 Å². The van der Waals surface area contributed by atoms with Crippen molar-refractivity contribution in [1.29, 1.82) is 0 Å². The van der Waals surface area contributed by atoms with Crippen LogP contribution in [0.25, 0.3) is 0 Å². The van der Waals surface area contributed by atoms with Gasteiger partial charge < -0.3 is 9.68 Å². The Hall–Kier alpha value is -2.04. The summed E-state index contributed by atoms with van der Waals surface area (Å²) in [7, 11) is 0. The highest BCUT2D eigenvalue weighted by Crippen LogP contribution is 2.54. The second kappa shape index (κ2) is 8.27. The second-order valence-corrected chi connectivity index (χ2v) is 11.7. The third kappa shape index (κ3) is 3.40. The molecule has 6 heteroatoms. The predicted octanol–water partition coefficient (Wildman–Crippen LogP) is 6.98. The lowest BCUT2D eigenvalue weighted by Gasteiger charge is -2.23. The Kier molecular flexibility index (Phi) is 5.17. The van der Waals surface area contributed by atoms with Crippen molar-refractivity contribution in [2.75, 3.05) is 0 Å². The fourth-order valence-electron chi connectivity index (χ4n) is 7.63. The number of benzene rings is 2. The molecular weight excluding hydrogens is 467 g/mol. The molecule has 0 saturated heterocycles. The summed E-state index contributed by atoms with van der Waals surface area (Å²) in [5.74, 6) is 4.16. The SMILES string of the molecule is Clc1ccc(C2=NO[C@@H]3[C@H]4CC[C@H](C4)[C@H]23)cc1.Clc1ccc(C2=NO[C@H]3[C@@H]4CC[C@@H](C4)[C@@H]23)cc1. The standard InChI is InChI=1S/2C14H14ClNO/c2*15-11-5-3-8(4-6-11)13-12-9-1-2-10(7-9)14(12)17-16-13/h2*3-6,9-10,12,14H,1-2,7H2/t2*9-,10+,12-,14-/m10/s1. The van der Waals surface area contributed by atoms with E-state index in [0.717, 1.165) is 45.1 Å². The first-order valence-corrected chi connectivity index (χ1v) is 13.4. The van der Waals surface area contributed by atoms with E-state index in [4.69, 9.17) is 32.9 Å². The molecule has 2 aromatic carbocycles. The van der Waals surface area contributed by atoms with Gasteiger partial charge in [-0.15, -0.1) is 0 Å². The number of rotatable bonds is 2. The van der Waals surface area contributed by atoms with E-state index in [1.807, 2.05) is 24.3 Å². The average molecular weight is 495 g/mol. The number of nitrogens with zero attached hydrogens (tertiary/aromatic N) is 2. The van der Waals surface area contributed by atoms with Crippen molar-refractivity contribution in [3.63, 3.8) is 0 Å². The van der Waals surface area contributed by atoms with Crippen LogP contribution in [0.4, 0.5) is 0 Å². The van der Waals surface area contributed by atoms with Crippen LogP contribution in [-0.4, -0.2) is 23.6 Å². The van der Waals surface area contributed by atoms with E-state index in [2.05, 4.69) is 34.6 Å². The summed E-state index contributed by atoms with van der Waals surface area (Å²) in [5, 5.41) is 10.2. The first-order valence-electron chi connectivity index (χ1n) is 12.6. The zero-order valence-corrected chi connectivity index (χ0v) is 20.5. The van der Waals surface area contributed by atoms with Crippen LogP contribution < -0.4 is 0 Å². The van der Waals surface area contributed by atoms with Crippen LogP contribution in [-0.2, 0) is 9.68 Å². The van der Waals surface area contributed by atoms with Gasteiger partial charge in [0.1, 0.15) is 12.2 Å². The quantitative estimate of drug-likeness (QED) is 0.451. The van der Waals surface area contributed by atoms with Gasteiger partial charge >= 0.3 is 0 Å². The summed E-state index contributed by atoms with van der Waals surface area (Å²) in [6.45, 7) is 0. The monoisotopic (exact) mass is 494 g/mol. The molecule has 0 unspecified atom stereocenters. The van der Waals surface area contributed by atoms with E-state index in [1.165, 1.54) is 49.7 Å². The molecule has 6 aliphatic rings. The van der Waals surface area contributed by atoms with Crippen molar-refractivity contribution in [3.05, 3.63) is 69.7 Å². The molecular formula is C28H28Cl2N2O2. The highest BCUT2D eigenvalue weighted by molar-refractivity contribution is 6.31. The molecule has 0 N–H and O–H groups in total. The number of fused-ring (bicyclic) bond motifs is 10. The highest BCUT2D eigenvalue weighted by atomic mass is 35.5. The van der Waals surface area contributed by atoms with Crippen molar-refractivity contribution >= 4 is 34.6 Å². The maximum absolute atomic E-state index is 5.92. The molecule has 0 spiro atoms. The molecule has 0 amide bonds. The average Bonchev–Trinajstić information content (AvgIpc) is 3.67. The molecule has 4 bridgehead atoms. The largest absolute Gasteiger partial charge is 0.391 e. The van der Waals surface area contributed by atoms with Gasteiger partial charge in [0, 0.05) is 21.9 Å².